The molecule has 112 valence electrons. The predicted molar refractivity (Wildman–Crippen MR) is 86.8 cm³/mol. The second-order valence-electron chi connectivity index (χ2n) is 6.25. The second kappa shape index (κ2) is 7.09. The third-order valence-electron chi connectivity index (χ3n) is 4.54. The van der Waals surface area contributed by atoms with E-state index in [4.69, 9.17) is 5.73 Å². The van der Waals surface area contributed by atoms with E-state index in [2.05, 4.69) is 43.1 Å². The van der Waals surface area contributed by atoms with E-state index in [0.717, 1.165) is 37.4 Å². The number of anilines is 1. The van der Waals surface area contributed by atoms with E-state index in [0.29, 0.717) is 0 Å². The van der Waals surface area contributed by atoms with Crippen molar-refractivity contribution in [2.45, 2.75) is 58.7 Å². The van der Waals surface area contributed by atoms with E-state index < -0.39 is 0 Å². The van der Waals surface area contributed by atoms with Gasteiger partial charge in [-0.3, -0.25) is 4.90 Å². The highest BCUT2D eigenvalue weighted by molar-refractivity contribution is 5.48. The molecule has 0 aliphatic carbocycles. The number of hydrogen-bond donors (Lipinski definition) is 2. The molecule has 0 aromatic heterocycles. The molecule has 0 spiro atoms. The van der Waals surface area contributed by atoms with Crippen molar-refractivity contribution in [1.29, 1.82) is 0 Å². The zero-order chi connectivity index (χ0) is 14.5. The fraction of sp³-hybridized carbons (Fsp3) is 0.647. The van der Waals surface area contributed by atoms with E-state index in [-0.39, 0.29) is 0 Å². The van der Waals surface area contributed by atoms with E-state index >= 15 is 0 Å². The van der Waals surface area contributed by atoms with Crippen LogP contribution >= 0.6 is 0 Å². The van der Waals surface area contributed by atoms with Crippen molar-refractivity contribution < 1.29 is 0 Å². The Kier molecular flexibility index (Phi) is 5.44. The maximum Gasteiger partial charge on any atom is 0.0359 e. The van der Waals surface area contributed by atoms with Gasteiger partial charge in [-0.15, -0.1) is 0 Å². The maximum absolute atomic E-state index is 6.01. The molecule has 1 aromatic carbocycles. The molecule has 0 amide bonds. The minimum atomic E-state index is 0.726. The largest absolute Gasteiger partial charge is 0.398 e. The van der Waals surface area contributed by atoms with Crippen LogP contribution in [-0.2, 0) is 6.54 Å². The van der Waals surface area contributed by atoms with Crippen LogP contribution in [0.15, 0.2) is 18.2 Å². The van der Waals surface area contributed by atoms with E-state index in [1.54, 1.807) is 0 Å². The highest BCUT2D eigenvalue weighted by Crippen LogP contribution is 2.21. The summed E-state index contributed by atoms with van der Waals surface area (Å²) >= 11 is 0. The summed E-state index contributed by atoms with van der Waals surface area (Å²) in [5.41, 5.74) is 9.38. The first-order valence-electron chi connectivity index (χ1n) is 7.89. The Morgan fingerprint density at radius 2 is 1.95 bits per heavy atom. The summed E-state index contributed by atoms with van der Waals surface area (Å²) < 4.78 is 0. The summed E-state index contributed by atoms with van der Waals surface area (Å²) in [5.74, 6) is 0. The quantitative estimate of drug-likeness (QED) is 0.641. The molecule has 0 bridgehead atoms. The molecule has 0 radical (unpaired) electrons. The van der Waals surface area contributed by atoms with Gasteiger partial charge < -0.3 is 11.1 Å². The van der Waals surface area contributed by atoms with Gasteiger partial charge in [0.05, 0.1) is 0 Å². The van der Waals surface area contributed by atoms with Gasteiger partial charge in [-0.2, -0.15) is 0 Å². The van der Waals surface area contributed by atoms with Gasteiger partial charge in [-0.05, 0) is 45.2 Å². The average molecular weight is 275 g/mol. The first-order valence-corrected chi connectivity index (χ1v) is 7.89. The number of piperidine rings is 1. The lowest BCUT2D eigenvalue weighted by Crippen LogP contribution is -2.46. The van der Waals surface area contributed by atoms with Crippen molar-refractivity contribution in [3.05, 3.63) is 29.3 Å². The molecule has 2 unspecified atom stereocenters. The van der Waals surface area contributed by atoms with Crippen molar-refractivity contribution in [1.82, 2.24) is 10.2 Å². The van der Waals surface area contributed by atoms with E-state index in [1.807, 2.05) is 6.07 Å². The van der Waals surface area contributed by atoms with Gasteiger partial charge in [-0.1, -0.05) is 24.1 Å². The molecule has 1 fully saturated rings. The molecule has 2 atom stereocenters. The molecule has 1 aromatic rings. The number of benzene rings is 1. The molecular weight excluding hydrogens is 246 g/mol. The van der Waals surface area contributed by atoms with E-state index in [9.17, 15) is 0 Å². The van der Waals surface area contributed by atoms with Gasteiger partial charge in [0, 0.05) is 37.4 Å². The zero-order valence-electron chi connectivity index (χ0n) is 13.2. The van der Waals surface area contributed by atoms with Crippen LogP contribution in [0.1, 0.15) is 44.2 Å². The minimum absolute atomic E-state index is 0.726. The highest BCUT2D eigenvalue weighted by atomic mass is 15.2. The molecular formula is C17H29N3. The first-order chi connectivity index (χ1) is 9.58. The summed E-state index contributed by atoms with van der Waals surface area (Å²) in [6.07, 6.45) is 4.07. The van der Waals surface area contributed by atoms with Crippen molar-refractivity contribution in [3.63, 3.8) is 0 Å². The fourth-order valence-electron chi connectivity index (χ4n) is 3.23. The van der Waals surface area contributed by atoms with Crippen LogP contribution in [0.5, 0.6) is 0 Å². The van der Waals surface area contributed by atoms with Gasteiger partial charge in [0.1, 0.15) is 0 Å². The zero-order valence-corrected chi connectivity index (χ0v) is 13.2. The Morgan fingerprint density at radius 1 is 1.25 bits per heavy atom. The maximum atomic E-state index is 6.01. The van der Waals surface area contributed by atoms with Gasteiger partial charge >= 0.3 is 0 Å². The molecule has 1 heterocycles. The second-order valence-corrected chi connectivity index (χ2v) is 6.25. The minimum Gasteiger partial charge on any atom is -0.398 e. The Hall–Kier alpha value is -1.06. The summed E-state index contributed by atoms with van der Waals surface area (Å²) in [5, 5.41) is 3.54. The summed E-state index contributed by atoms with van der Waals surface area (Å²) in [6.45, 7) is 9.85. The molecule has 0 saturated carbocycles. The van der Waals surface area contributed by atoms with Crippen LogP contribution in [0, 0.1) is 6.92 Å². The molecule has 1 aliphatic heterocycles. The number of nitrogens with two attached hydrogens (primary N) is 1. The monoisotopic (exact) mass is 275 g/mol. The number of nitrogen functional groups attached to an aromatic ring is 1. The Balaban J connectivity index is 1.77. The summed E-state index contributed by atoms with van der Waals surface area (Å²) in [7, 11) is 0. The lowest BCUT2D eigenvalue weighted by Gasteiger charge is -2.39. The Morgan fingerprint density at radius 3 is 2.65 bits per heavy atom. The van der Waals surface area contributed by atoms with Crippen LogP contribution in [-0.4, -0.2) is 30.1 Å². The number of rotatable bonds is 5. The molecule has 3 N–H and O–H groups in total. The normalized spacial score (nSPS) is 23.9. The first kappa shape index (κ1) is 15.3. The molecule has 1 saturated heterocycles. The lowest BCUT2D eigenvalue weighted by atomic mass is 9.98. The average Bonchev–Trinajstić information content (AvgIpc) is 2.41. The Bertz CT molecular complexity index is 420. The van der Waals surface area contributed by atoms with Crippen molar-refractivity contribution in [3.8, 4) is 0 Å². The van der Waals surface area contributed by atoms with Gasteiger partial charge in [0.15, 0.2) is 0 Å². The van der Waals surface area contributed by atoms with Crippen LogP contribution in [0.3, 0.4) is 0 Å². The van der Waals surface area contributed by atoms with E-state index in [1.165, 1.54) is 30.4 Å². The standard InChI is InChI=1S/C17H29N3/c1-13-7-8-17(18)16(11-13)12-19-9-10-20-14(2)5-4-6-15(20)3/h7-8,11,14-15,19H,4-6,9-10,12,18H2,1-3H3. The summed E-state index contributed by atoms with van der Waals surface area (Å²) in [4.78, 5) is 2.64. The van der Waals surface area contributed by atoms with Gasteiger partial charge in [-0.25, -0.2) is 0 Å². The van der Waals surface area contributed by atoms with Gasteiger partial charge in [0.2, 0.25) is 0 Å². The molecule has 3 heteroatoms. The van der Waals surface area contributed by atoms with Crippen molar-refractivity contribution in [2.24, 2.45) is 0 Å². The third kappa shape index (κ3) is 3.97. The number of nitrogens with zero attached hydrogens (tertiary/aromatic N) is 1. The highest BCUT2D eigenvalue weighted by Gasteiger charge is 2.23. The summed E-state index contributed by atoms with van der Waals surface area (Å²) in [6, 6.07) is 7.69. The third-order valence-corrected chi connectivity index (χ3v) is 4.54. The number of aryl methyl sites for hydroxylation is 1. The topological polar surface area (TPSA) is 41.3 Å². The molecule has 3 nitrogen and oxygen atoms in total. The molecule has 20 heavy (non-hydrogen) atoms. The van der Waals surface area contributed by atoms with Crippen LogP contribution < -0.4 is 11.1 Å². The van der Waals surface area contributed by atoms with Gasteiger partial charge in [0.25, 0.3) is 0 Å². The lowest BCUT2D eigenvalue weighted by molar-refractivity contribution is 0.104. The Labute approximate surface area is 123 Å². The number of nitrogens with one attached hydrogen (secondary N) is 1. The molecule has 2 rings (SSSR count). The SMILES string of the molecule is Cc1ccc(N)c(CNCCN2C(C)CCCC2C)c1. The van der Waals surface area contributed by atoms with Crippen LogP contribution in [0.2, 0.25) is 0 Å². The fourth-order valence-corrected chi connectivity index (χ4v) is 3.23. The smallest absolute Gasteiger partial charge is 0.0359 e. The number of likely N-dealkylation sites (tertiary alicyclic amines) is 1. The van der Waals surface area contributed by atoms with Crippen LogP contribution in [0.4, 0.5) is 5.69 Å². The molecule has 1 aliphatic rings. The van der Waals surface area contributed by atoms with Crippen LogP contribution in [0.25, 0.3) is 0 Å². The van der Waals surface area contributed by atoms with Crippen molar-refractivity contribution >= 4 is 5.69 Å². The number of hydrogen-bond acceptors (Lipinski definition) is 3. The van der Waals surface area contributed by atoms with Crippen molar-refractivity contribution in [2.75, 3.05) is 18.8 Å². The predicted octanol–water partition coefficient (Wildman–Crippen LogP) is 2.93.